The summed E-state index contributed by atoms with van der Waals surface area (Å²) >= 11 is 0. The maximum atomic E-state index is 11.8. The van der Waals surface area contributed by atoms with Crippen molar-refractivity contribution in [1.82, 2.24) is 15.3 Å². The summed E-state index contributed by atoms with van der Waals surface area (Å²) in [6, 6.07) is 1.83. The molecule has 0 radical (unpaired) electrons. The van der Waals surface area contributed by atoms with Gasteiger partial charge in [0.15, 0.2) is 5.60 Å². The van der Waals surface area contributed by atoms with E-state index in [1.807, 2.05) is 11.0 Å². The Morgan fingerprint density at radius 3 is 3.12 bits per heavy atom. The number of carbonyl (C=O) groups is 1. The van der Waals surface area contributed by atoms with Crippen molar-refractivity contribution >= 4 is 11.7 Å². The molecule has 0 spiro atoms. The highest BCUT2D eigenvalue weighted by Gasteiger charge is 2.39. The highest BCUT2D eigenvalue weighted by Crippen LogP contribution is 2.21. The van der Waals surface area contributed by atoms with Gasteiger partial charge in [-0.3, -0.25) is 4.79 Å². The number of hydrogen-bond donors (Lipinski definition) is 1. The minimum Gasteiger partial charge on any atom is -0.362 e. The summed E-state index contributed by atoms with van der Waals surface area (Å²) in [6.07, 6.45) is 3.19. The molecule has 1 aliphatic heterocycles. The maximum absolute atomic E-state index is 11.8. The van der Waals surface area contributed by atoms with E-state index in [-0.39, 0.29) is 5.91 Å². The molecule has 6 nitrogen and oxygen atoms in total. The lowest BCUT2D eigenvalue weighted by Crippen LogP contribution is -2.58. The minimum absolute atomic E-state index is 0.115. The third kappa shape index (κ3) is 2.36. The Morgan fingerprint density at radius 2 is 2.47 bits per heavy atom. The molecule has 0 aromatic carbocycles. The quantitative estimate of drug-likeness (QED) is 0.771. The number of nitrogens with zero attached hydrogens (tertiary/aromatic N) is 3. The Morgan fingerprint density at radius 1 is 1.65 bits per heavy atom. The summed E-state index contributed by atoms with van der Waals surface area (Å²) in [5.74, 6) is 0.703. The molecule has 1 saturated heterocycles. The van der Waals surface area contributed by atoms with E-state index in [1.54, 1.807) is 20.2 Å². The largest absolute Gasteiger partial charge is 0.362 e. The second-order valence-electron chi connectivity index (χ2n) is 4.15. The van der Waals surface area contributed by atoms with Crippen LogP contribution in [-0.4, -0.2) is 48.2 Å². The van der Waals surface area contributed by atoms with Crippen molar-refractivity contribution in [2.75, 3.05) is 31.6 Å². The predicted molar refractivity (Wildman–Crippen MR) is 62.7 cm³/mol. The molecule has 92 valence electrons. The molecule has 6 heteroatoms. The molecule has 17 heavy (non-hydrogen) atoms. The van der Waals surface area contributed by atoms with Crippen LogP contribution >= 0.6 is 0 Å². The van der Waals surface area contributed by atoms with Gasteiger partial charge >= 0.3 is 0 Å². The van der Waals surface area contributed by atoms with Crippen molar-refractivity contribution in [2.45, 2.75) is 12.5 Å². The van der Waals surface area contributed by atoms with Gasteiger partial charge < -0.3 is 15.0 Å². The first-order valence-electron chi connectivity index (χ1n) is 5.53. The van der Waals surface area contributed by atoms with Crippen molar-refractivity contribution in [3.05, 3.63) is 18.6 Å². The van der Waals surface area contributed by atoms with Crippen LogP contribution in [0.3, 0.4) is 0 Å². The lowest BCUT2D eigenvalue weighted by atomic mass is 10.0. The first-order valence-corrected chi connectivity index (χ1v) is 5.53. The Labute approximate surface area is 100 Å². The maximum Gasteiger partial charge on any atom is 0.253 e. The number of rotatable bonds is 2. The average molecular weight is 236 g/mol. The van der Waals surface area contributed by atoms with Gasteiger partial charge in [0.1, 0.15) is 12.1 Å². The molecule has 1 aliphatic rings. The van der Waals surface area contributed by atoms with Gasteiger partial charge in [0, 0.05) is 19.8 Å². The second kappa shape index (κ2) is 4.67. The molecule has 2 rings (SSSR count). The summed E-state index contributed by atoms with van der Waals surface area (Å²) in [5, 5.41) is 2.62. The molecule has 1 fully saturated rings. The number of aromatic nitrogens is 2. The number of amides is 1. The Balaban J connectivity index is 2.15. The lowest BCUT2D eigenvalue weighted by Gasteiger charge is -2.39. The average Bonchev–Trinajstić information content (AvgIpc) is 2.39. The molecule has 2 heterocycles. The standard InChI is InChI=1S/C11H16N4O2/c1-11(10(16)12-2)7-15(5-6-17-11)9-3-4-13-8-14-9/h3-4,8H,5-7H2,1-2H3,(H,12,16). The van der Waals surface area contributed by atoms with Crippen molar-refractivity contribution in [3.8, 4) is 0 Å². The normalized spacial score (nSPS) is 24.5. The zero-order valence-electron chi connectivity index (χ0n) is 10.0. The van der Waals surface area contributed by atoms with Gasteiger partial charge in [-0.05, 0) is 13.0 Å². The molecular formula is C11H16N4O2. The van der Waals surface area contributed by atoms with E-state index in [4.69, 9.17) is 4.74 Å². The fraction of sp³-hybridized carbons (Fsp3) is 0.545. The Bertz CT molecular complexity index is 398. The zero-order chi connectivity index (χ0) is 12.3. The van der Waals surface area contributed by atoms with Gasteiger partial charge in [-0.2, -0.15) is 0 Å². The summed E-state index contributed by atoms with van der Waals surface area (Å²) in [7, 11) is 1.61. The predicted octanol–water partition coefficient (Wildman–Crippen LogP) is -0.182. The minimum atomic E-state index is -0.821. The number of likely N-dealkylation sites (N-methyl/N-ethyl adjacent to an activating group) is 1. The summed E-state index contributed by atoms with van der Waals surface area (Å²) in [4.78, 5) is 21.9. The smallest absolute Gasteiger partial charge is 0.253 e. The summed E-state index contributed by atoms with van der Waals surface area (Å²) in [5.41, 5.74) is -0.821. The summed E-state index contributed by atoms with van der Waals surface area (Å²) in [6.45, 7) is 3.51. The molecular weight excluding hydrogens is 220 g/mol. The van der Waals surface area contributed by atoms with Gasteiger partial charge in [-0.25, -0.2) is 9.97 Å². The monoisotopic (exact) mass is 236 g/mol. The number of anilines is 1. The lowest BCUT2D eigenvalue weighted by molar-refractivity contribution is -0.145. The van der Waals surface area contributed by atoms with E-state index in [0.29, 0.717) is 13.2 Å². The molecule has 1 N–H and O–H groups in total. The van der Waals surface area contributed by atoms with E-state index in [0.717, 1.165) is 12.4 Å². The van der Waals surface area contributed by atoms with Crippen molar-refractivity contribution in [2.24, 2.45) is 0 Å². The van der Waals surface area contributed by atoms with Crippen molar-refractivity contribution < 1.29 is 9.53 Å². The second-order valence-corrected chi connectivity index (χ2v) is 4.15. The fourth-order valence-electron chi connectivity index (χ4n) is 1.94. The summed E-state index contributed by atoms with van der Waals surface area (Å²) < 4.78 is 5.57. The topological polar surface area (TPSA) is 67.4 Å². The number of nitrogens with one attached hydrogen (secondary N) is 1. The van der Waals surface area contributed by atoms with Crippen LogP contribution in [0.5, 0.6) is 0 Å². The molecule has 1 unspecified atom stereocenters. The van der Waals surface area contributed by atoms with Crippen molar-refractivity contribution in [1.29, 1.82) is 0 Å². The van der Waals surface area contributed by atoms with E-state index >= 15 is 0 Å². The highest BCUT2D eigenvalue weighted by molar-refractivity contribution is 5.85. The third-order valence-electron chi connectivity index (χ3n) is 2.87. The van der Waals surface area contributed by atoms with E-state index in [2.05, 4.69) is 15.3 Å². The van der Waals surface area contributed by atoms with Gasteiger partial charge in [0.2, 0.25) is 0 Å². The van der Waals surface area contributed by atoms with Crippen LogP contribution in [0, 0.1) is 0 Å². The first-order chi connectivity index (χ1) is 8.15. The van der Waals surface area contributed by atoms with E-state index < -0.39 is 5.60 Å². The number of hydrogen-bond acceptors (Lipinski definition) is 5. The molecule has 0 saturated carbocycles. The van der Waals surface area contributed by atoms with Crippen LogP contribution in [0.25, 0.3) is 0 Å². The molecule has 1 aromatic heterocycles. The third-order valence-corrected chi connectivity index (χ3v) is 2.87. The van der Waals surface area contributed by atoms with Crippen molar-refractivity contribution in [3.63, 3.8) is 0 Å². The van der Waals surface area contributed by atoms with Crippen LogP contribution in [-0.2, 0) is 9.53 Å². The van der Waals surface area contributed by atoms with Crippen LogP contribution in [0.2, 0.25) is 0 Å². The van der Waals surface area contributed by atoms with Crippen LogP contribution in [0.4, 0.5) is 5.82 Å². The first kappa shape index (κ1) is 11.8. The molecule has 0 aliphatic carbocycles. The number of carbonyl (C=O) groups excluding carboxylic acids is 1. The van der Waals surface area contributed by atoms with Gasteiger partial charge in [0.25, 0.3) is 5.91 Å². The van der Waals surface area contributed by atoms with E-state index in [9.17, 15) is 4.79 Å². The molecule has 1 aromatic rings. The Hall–Kier alpha value is -1.69. The van der Waals surface area contributed by atoms with E-state index in [1.165, 1.54) is 6.33 Å². The van der Waals surface area contributed by atoms with Gasteiger partial charge in [-0.15, -0.1) is 0 Å². The zero-order valence-corrected chi connectivity index (χ0v) is 10.0. The molecule has 1 amide bonds. The van der Waals surface area contributed by atoms with Gasteiger partial charge in [-0.1, -0.05) is 0 Å². The SMILES string of the molecule is CNC(=O)C1(C)CN(c2ccncn2)CCO1. The van der Waals surface area contributed by atoms with Crippen LogP contribution in [0.15, 0.2) is 18.6 Å². The molecule has 0 bridgehead atoms. The number of ether oxygens (including phenoxy) is 1. The fourth-order valence-corrected chi connectivity index (χ4v) is 1.94. The number of morpholine rings is 1. The Kier molecular flexibility index (Phi) is 3.23. The van der Waals surface area contributed by atoms with Gasteiger partial charge in [0.05, 0.1) is 13.2 Å². The highest BCUT2D eigenvalue weighted by atomic mass is 16.5. The van der Waals surface area contributed by atoms with Crippen LogP contribution in [0.1, 0.15) is 6.92 Å². The molecule has 1 atom stereocenters. The van der Waals surface area contributed by atoms with Crippen LogP contribution < -0.4 is 10.2 Å².